The zero-order valence-electron chi connectivity index (χ0n) is 15.1. The van der Waals surface area contributed by atoms with Crippen LogP contribution >= 0.6 is 0 Å². The first kappa shape index (κ1) is 17.1. The fraction of sp³-hybridized carbons (Fsp3) is 0.550. The Balaban J connectivity index is 1.43. The van der Waals surface area contributed by atoms with Gasteiger partial charge in [0.15, 0.2) is 0 Å². The average molecular weight is 354 g/mol. The predicted octanol–water partition coefficient (Wildman–Crippen LogP) is 2.25. The second-order valence-corrected chi connectivity index (χ2v) is 7.58. The zero-order valence-corrected chi connectivity index (χ0v) is 15.1. The van der Waals surface area contributed by atoms with Gasteiger partial charge in [-0.3, -0.25) is 9.59 Å². The molecule has 138 valence electrons. The molecule has 1 aliphatic heterocycles. The maximum Gasteiger partial charge on any atom is 0.250 e. The third-order valence-electron chi connectivity index (χ3n) is 5.77. The van der Waals surface area contributed by atoms with Gasteiger partial charge in [0.05, 0.1) is 0 Å². The molecule has 1 unspecified atom stereocenters. The molecule has 0 bridgehead atoms. The number of imidazole rings is 1. The number of piperidine rings is 1. The van der Waals surface area contributed by atoms with Crippen LogP contribution in [0, 0.1) is 5.92 Å². The monoisotopic (exact) mass is 354 g/mol. The smallest absolute Gasteiger partial charge is 0.250 e. The zero-order chi connectivity index (χ0) is 17.9. The summed E-state index contributed by atoms with van der Waals surface area (Å²) in [6.07, 6.45) is 11.7. The molecule has 0 aromatic carbocycles. The lowest BCUT2D eigenvalue weighted by Crippen LogP contribution is -2.42. The summed E-state index contributed by atoms with van der Waals surface area (Å²) in [7, 11) is 0. The Labute approximate surface area is 153 Å². The van der Waals surface area contributed by atoms with E-state index >= 15 is 0 Å². The molecule has 1 amide bonds. The Hall–Kier alpha value is -2.37. The Morgan fingerprint density at radius 3 is 2.77 bits per heavy atom. The predicted molar refractivity (Wildman–Crippen MR) is 98.8 cm³/mol. The highest BCUT2D eigenvalue weighted by molar-refractivity contribution is 5.76. The number of nitrogens with zero attached hydrogens (tertiary/aromatic N) is 4. The largest absolute Gasteiger partial charge is 0.340 e. The first-order valence-corrected chi connectivity index (χ1v) is 9.65. The van der Waals surface area contributed by atoms with Gasteiger partial charge in [0, 0.05) is 50.2 Å². The number of amides is 1. The van der Waals surface area contributed by atoms with Crippen molar-refractivity contribution in [2.45, 2.75) is 51.1 Å². The summed E-state index contributed by atoms with van der Waals surface area (Å²) in [5, 5.41) is 0. The van der Waals surface area contributed by atoms with Gasteiger partial charge >= 0.3 is 0 Å². The highest BCUT2D eigenvalue weighted by Gasteiger charge is 2.28. The number of rotatable bonds is 5. The lowest BCUT2D eigenvalue weighted by Gasteiger charge is -2.34. The van der Waals surface area contributed by atoms with Gasteiger partial charge in [-0.15, -0.1) is 0 Å². The SMILES string of the molecule is O=C(Cn1ccccc1=O)N1CCCC(c2nccn2CC2CCC2)C1. The van der Waals surface area contributed by atoms with Gasteiger partial charge in [-0.1, -0.05) is 12.5 Å². The standard InChI is InChI=1S/C20H26N4O2/c25-18-8-1-2-10-23(18)15-19(26)22-11-4-7-17(14-22)20-21-9-12-24(20)13-16-5-3-6-16/h1-2,8-10,12,16-17H,3-7,11,13-15H2. The molecule has 2 aromatic heterocycles. The van der Waals surface area contributed by atoms with Crippen LogP contribution < -0.4 is 5.56 Å². The van der Waals surface area contributed by atoms with Crippen LogP contribution in [0.3, 0.4) is 0 Å². The number of aromatic nitrogens is 3. The molecule has 1 saturated carbocycles. The average Bonchev–Trinajstić information content (AvgIpc) is 3.08. The maximum atomic E-state index is 12.7. The first-order valence-electron chi connectivity index (χ1n) is 9.65. The molecule has 2 fully saturated rings. The molecule has 6 heteroatoms. The number of hydrogen-bond donors (Lipinski definition) is 0. The van der Waals surface area contributed by atoms with Crippen molar-refractivity contribution < 1.29 is 4.79 Å². The Morgan fingerprint density at radius 2 is 2.00 bits per heavy atom. The fourth-order valence-corrected chi connectivity index (χ4v) is 4.04. The molecule has 3 heterocycles. The summed E-state index contributed by atoms with van der Waals surface area (Å²) < 4.78 is 3.77. The van der Waals surface area contributed by atoms with Crippen molar-refractivity contribution in [2.75, 3.05) is 13.1 Å². The molecule has 0 spiro atoms. The summed E-state index contributed by atoms with van der Waals surface area (Å²) in [6, 6.07) is 4.97. The summed E-state index contributed by atoms with van der Waals surface area (Å²) >= 11 is 0. The number of likely N-dealkylation sites (tertiary alicyclic amines) is 1. The van der Waals surface area contributed by atoms with E-state index in [1.54, 1.807) is 18.3 Å². The van der Waals surface area contributed by atoms with E-state index in [2.05, 4.69) is 15.7 Å². The van der Waals surface area contributed by atoms with Gasteiger partial charge < -0.3 is 14.0 Å². The van der Waals surface area contributed by atoms with E-state index in [1.807, 2.05) is 11.1 Å². The van der Waals surface area contributed by atoms with Crippen LogP contribution in [0.5, 0.6) is 0 Å². The highest BCUT2D eigenvalue weighted by atomic mass is 16.2. The molecule has 0 N–H and O–H groups in total. The second kappa shape index (κ2) is 7.48. The summed E-state index contributed by atoms with van der Waals surface area (Å²) in [6.45, 7) is 2.63. The van der Waals surface area contributed by atoms with E-state index in [0.717, 1.165) is 37.7 Å². The van der Waals surface area contributed by atoms with E-state index in [0.29, 0.717) is 6.54 Å². The molecular weight excluding hydrogens is 328 g/mol. The van der Waals surface area contributed by atoms with Crippen LogP contribution in [0.2, 0.25) is 0 Å². The lowest BCUT2D eigenvalue weighted by atomic mass is 9.85. The molecular formula is C20H26N4O2. The van der Waals surface area contributed by atoms with Gasteiger partial charge in [-0.2, -0.15) is 0 Å². The number of hydrogen-bond acceptors (Lipinski definition) is 3. The lowest BCUT2D eigenvalue weighted by molar-refractivity contribution is -0.133. The highest BCUT2D eigenvalue weighted by Crippen LogP contribution is 2.31. The van der Waals surface area contributed by atoms with Gasteiger partial charge in [0.1, 0.15) is 12.4 Å². The van der Waals surface area contributed by atoms with E-state index in [1.165, 1.54) is 29.9 Å². The van der Waals surface area contributed by atoms with Crippen molar-refractivity contribution in [3.05, 3.63) is 53.0 Å². The minimum Gasteiger partial charge on any atom is -0.340 e. The molecule has 1 saturated heterocycles. The Kier molecular flexibility index (Phi) is 4.91. The topological polar surface area (TPSA) is 60.1 Å². The minimum atomic E-state index is -0.134. The van der Waals surface area contributed by atoms with Gasteiger partial charge in [0.25, 0.3) is 5.56 Å². The van der Waals surface area contributed by atoms with Crippen LogP contribution in [0.4, 0.5) is 0 Å². The Bertz CT molecular complexity index is 821. The second-order valence-electron chi connectivity index (χ2n) is 7.58. The molecule has 2 aliphatic rings. The van der Waals surface area contributed by atoms with Crippen molar-refractivity contribution >= 4 is 5.91 Å². The van der Waals surface area contributed by atoms with Crippen LogP contribution in [-0.4, -0.2) is 38.0 Å². The molecule has 26 heavy (non-hydrogen) atoms. The number of carbonyl (C=O) groups is 1. The molecule has 0 radical (unpaired) electrons. The van der Waals surface area contributed by atoms with E-state index in [-0.39, 0.29) is 23.9 Å². The summed E-state index contributed by atoms with van der Waals surface area (Å²) in [5.74, 6) is 2.20. The first-order chi connectivity index (χ1) is 12.7. The number of pyridine rings is 1. The van der Waals surface area contributed by atoms with Crippen LogP contribution in [0.25, 0.3) is 0 Å². The van der Waals surface area contributed by atoms with Gasteiger partial charge in [-0.05, 0) is 37.7 Å². The Morgan fingerprint density at radius 1 is 1.12 bits per heavy atom. The quantitative estimate of drug-likeness (QED) is 0.827. The summed E-state index contributed by atoms with van der Waals surface area (Å²) in [4.78, 5) is 31.1. The van der Waals surface area contributed by atoms with Crippen molar-refractivity contribution in [1.29, 1.82) is 0 Å². The van der Waals surface area contributed by atoms with E-state index in [9.17, 15) is 9.59 Å². The maximum absolute atomic E-state index is 12.7. The van der Waals surface area contributed by atoms with Crippen LogP contribution in [0.15, 0.2) is 41.6 Å². The van der Waals surface area contributed by atoms with Crippen molar-refractivity contribution in [3.8, 4) is 0 Å². The van der Waals surface area contributed by atoms with Gasteiger partial charge in [0.2, 0.25) is 5.91 Å². The van der Waals surface area contributed by atoms with Crippen molar-refractivity contribution in [3.63, 3.8) is 0 Å². The fourth-order valence-electron chi connectivity index (χ4n) is 4.04. The third kappa shape index (κ3) is 3.59. The third-order valence-corrected chi connectivity index (χ3v) is 5.77. The van der Waals surface area contributed by atoms with E-state index in [4.69, 9.17) is 0 Å². The molecule has 1 aliphatic carbocycles. The number of carbonyl (C=O) groups excluding carboxylic acids is 1. The minimum absolute atomic E-state index is 0.0140. The van der Waals surface area contributed by atoms with Crippen LogP contribution in [-0.2, 0) is 17.9 Å². The molecule has 6 nitrogen and oxygen atoms in total. The van der Waals surface area contributed by atoms with Crippen molar-refractivity contribution in [1.82, 2.24) is 19.0 Å². The van der Waals surface area contributed by atoms with Gasteiger partial charge in [-0.25, -0.2) is 4.98 Å². The molecule has 4 rings (SSSR count). The van der Waals surface area contributed by atoms with E-state index < -0.39 is 0 Å². The molecule has 2 aromatic rings. The van der Waals surface area contributed by atoms with Crippen LogP contribution in [0.1, 0.15) is 43.8 Å². The summed E-state index contributed by atoms with van der Waals surface area (Å²) in [5.41, 5.74) is -0.134. The van der Waals surface area contributed by atoms with Crippen molar-refractivity contribution in [2.24, 2.45) is 5.92 Å². The normalized spacial score (nSPS) is 20.8. The molecule has 1 atom stereocenters.